The number of ketones is 1. The molecule has 1 saturated heterocycles. The summed E-state index contributed by atoms with van der Waals surface area (Å²) in [7, 11) is 0. The number of hydrogen-bond acceptors (Lipinski definition) is 7. The van der Waals surface area contributed by atoms with Gasteiger partial charge < -0.3 is 9.63 Å². The number of nitro groups is 1. The topological polar surface area (TPSA) is 127 Å². The van der Waals surface area contributed by atoms with Crippen molar-refractivity contribution in [3.63, 3.8) is 0 Å². The maximum atomic E-state index is 13.1. The van der Waals surface area contributed by atoms with Crippen molar-refractivity contribution < 1.29 is 24.1 Å². The summed E-state index contributed by atoms with van der Waals surface area (Å²) in [5, 5.41) is 26.4. The van der Waals surface area contributed by atoms with Gasteiger partial charge in [-0.1, -0.05) is 68.4 Å². The van der Waals surface area contributed by atoms with Crippen LogP contribution in [0, 0.1) is 10.1 Å². The quantitative estimate of drug-likeness (QED) is 0.205. The Kier molecular flexibility index (Phi) is 5.33. The van der Waals surface area contributed by atoms with Gasteiger partial charge in [0.15, 0.2) is 5.82 Å². The lowest BCUT2D eigenvalue weighted by molar-refractivity contribution is -0.384. The molecular weight excluding hydrogens is 426 g/mol. The minimum Gasteiger partial charge on any atom is -0.507 e. The number of aliphatic hydroxyl groups is 1. The molecule has 0 unspecified atom stereocenters. The molecule has 1 fully saturated rings. The summed E-state index contributed by atoms with van der Waals surface area (Å²) >= 11 is 0. The van der Waals surface area contributed by atoms with Crippen LogP contribution in [0.2, 0.25) is 0 Å². The number of aliphatic hydroxyl groups excluding tert-OH is 1. The first-order chi connectivity index (χ1) is 15.6. The second-order valence-corrected chi connectivity index (χ2v) is 8.69. The molecule has 2 aromatic carbocycles. The summed E-state index contributed by atoms with van der Waals surface area (Å²) in [5.74, 6) is -1.66. The fourth-order valence-corrected chi connectivity index (χ4v) is 3.68. The van der Waals surface area contributed by atoms with Gasteiger partial charge in [0.2, 0.25) is 0 Å². The summed E-state index contributed by atoms with van der Waals surface area (Å²) in [4.78, 5) is 38.1. The molecule has 3 aromatic rings. The molecule has 1 aromatic heterocycles. The van der Waals surface area contributed by atoms with Crippen LogP contribution in [0.5, 0.6) is 0 Å². The highest BCUT2D eigenvalue weighted by Crippen LogP contribution is 2.43. The molecule has 168 valence electrons. The Bertz CT molecular complexity index is 1290. The molecule has 0 spiro atoms. The van der Waals surface area contributed by atoms with E-state index in [0.29, 0.717) is 11.3 Å². The lowest BCUT2D eigenvalue weighted by Crippen LogP contribution is -2.29. The van der Waals surface area contributed by atoms with E-state index in [1.165, 1.54) is 18.2 Å². The largest absolute Gasteiger partial charge is 0.507 e. The van der Waals surface area contributed by atoms with Crippen LogP contribution in [0.15, 0.2) is 70.8 Å². The number of aromatic nitrogens is 1. The molecule has 1 atom stereocenters. The van der Waals surface area contributed by atoms with Crippen LogP contribution in [0.1, 0.15) is 43.7 Å². The number of anilines is 1. The molecule has 9 heteroatoms. The van der Waals surface area contributed by atoms with Gasteiger partial charge in [-0.15, -0.1) is 0 Å². The maximum Gasteiger partial charge on any atom is 0.301 e. The van der Waals surface area contributed by atoms with Gasteiger partial charge in [0.25, 0.3) is 11.5 Å². The molecule has 0 radical (unpaired) electrons. The Morgan fingerprint density at radius 1 is 1.09 bits per heavy atom. The van der Waals surface area contributed by atoms with Gasteiger partial charge >= 0.3 is 5.91 Å². The summed E-state index contributed by atoms with van der Waals surface area (Å²) in [6.45, 7) is 5.70. The monoisotopic (exact) mass is 447 g/mol. The molecule has 9 nitrogen and oxygen atoms in total. The highest BCUT2D eigenvalue weighted by Gasteiger charge is 2.48. The van der Waals surface area contributed by atoms with E-state index in [4.69, 9.17) is 4.52 Å². The van der Waals surface area contributed by atoms with Crippen molar-refractivity contribution in [3.05, 3.63) is 93.2 Å². The zero-order valence-electron chi connectivity index (χ0n) is 18.2. The van der Waals surface area contributed by atoms with Crippen LogP contribution in [-0.4, -0.2) is 26.9 Å². The predicted octanol–water partition coefficient (Wildman–Crippen LogP) is 4.51. The van der Waals surface area contributed by atoms with E-state index in [0.717, 1.165) is 4.90 Å². The van der Waals surface area contributed by atoms with Crippen LogP contribution in [0.3, 0.4) is 0 Å². The van der Waals surface area contributed by atoms with E-state index in [2.05, 4.69) is 5.16 Å². The van der Waals surface area contributed by atoms with E-state index < -0.39 is 28.1 Å². The maximum absolute atomic E-state index is 13.1. The number of nitrogens with zero attached hydrogens (tertiary/aromatic N) is 3. The van der Waals surface area contributed by atoms with Crippen molar-refractivity contribution in [2.75, 3.05) is 4.90 Å². The van der Waals surface area contributed by atoms with E-state index >= 15 is 0 Å². The zero-order chi connectivity index (χ0) is 23.9. The Labute approximate surface area is 189 Å². The lowest BCUT2D eigenvalue weighted by Gasteiger charge is -2.22. The molecule has 1 N–H and O–H groups in total. The number of carbonyl (C=O) groups is 2. The van der Waals surface area contributed by atoms with Gasteiger partial charge in [0, 0.05) is 29.2 Å². The number of amides is 1. The lowest BCUT2D eigenvalue weighted by atomic mass is 9.93. The standard InChI is InChI=1S/C24H21N3O6/c1-24(2,3)17-13-18(25-33-17)26-20(15-10-7-11-16(12-15)27(31)32)19(22(29)23(26)30)21(28)14-8-5-4-6-9-14/h4-13,20,28H,1-3H3/t20-/m0/s1. The highest BCUT2D eigenvalue weighted by atomic mass is 16.6. The minimum absolute atomic E-state index is 0.0747. The van der Waals surface area contributed by atoms with Crippen LogP contribution in [0.4, 0.5) is 11.5 Å². The molecule has 33 heavy (non-hydrogen) atoms. The van der Waals surface area contributed by atoms with Crippen LogP contribution < -0.4 is 4.90 Å². The zero-order valence-corrected chi connectivity index (χ0v) is 18.2. The number of Topliss-reactive ketones (excluding diaryl/α,β-unsaturated/α-hetero) is 1. The van der Waals surface area contributed by atoms with Gasteiger partial charge in [-0.05, 0) is 5.56 Å². The Morgan fingerprint density at radius 3 is 2.39 bits per heavy atom. The second-order valence-electron chi connectivity index (χ2n) is 8.69. The summed E-state index contributed by atoms with van der Waals surface area (Å²) < 4.78 is 5.41. The van der Waals surface area contributed by atoms with E-state index in [-0.39, 0.29) is 28.4 Å². The molecular formula is C24H21N3O6. The third-order valence-corrected chi connectivity index (χ3v) is 5.37. The van der Waals surface area contributed by atoms with Gasteiger partial charge in [-0.2, -0.15) is 0 Å². The van der Waals surface area contributed by atoms with Gasteiger partial charge in [-0.25, -0.2) is 0 Å². The Hall–Kier alpha value is -4.27. The first-order valence-electron chi connectivity index (χ1n) is 10.2. The SMILES string of the molecule is CC(C)(C)c1cc(N2C(=O)C(=O)C(=C(O)c3ccccc3)[C@@H]2c2cccc([N+](=O)[O-])c2)no1. The average Bonchev–Trinajstić information content (AvgIpc) is 3.37. The van der Waals surface area contributed by atoms with Gasteiger partial charge in [0.05, 0.1) is 16.5 Å². The van der Waals surface area contributed by atoms with Crippen molar-refractivity contribution in [3.8, 4) is 0 Å². The van der Waals surface area contributed by atoms with Gasteiger partial charge in [0.1, 0.15) is 11.5 Å². The first-order valence-corrected chi connectivity index (χ1v) is 10.2. The van der Waals surface area contributed by atoms with Crippen LogP contribution in [0.25, 0.3) is 5.76 Å². The molecule has 4 rings (SSSR count). The normalized spacial score (nSPS) is 18.0. The Balaban J connectivity index is 1.95. The molecule has 2 heterocycles. The van der Waals surface area contributed by atoms with E-state index in [1.54, 1.807) is 42.5 Å². The molecule has 0 saturated carbocycles. The summed E-state index contributed by atoms with van der Waals surface area (Å²) in [6, 6.07) is 14.3. The average molecular weight is 447 g/mol. The number of non-ortho nitro benzene ring substituents is 1. The first kappa shape index (κ1) is 21.9. The molecule has 0 bridgehead atoms. The highest BCUT2D eigenvalue weighted by molar-refractivity contribution is 6.51. The fourth-order valence-electron chi connectivity index (χ4n) is 3.68. The molecule has 0 aliphatic carbocycles. The van der Waals surface area contributed by atoms with E-state index in [1.807, 2.05) is 20.8 Å². The van der Waals surface area contributed by atoms with Crippen molar-refractivity contribution in [2.24, 2.45) is 0 Å². The summed E-state index contributed by atoms with van der Waals surface area (Å²) in [5.41, 5.74) is -0.202. The Morgan fingerprint density at radius 2 is 1.79 bits per heavy atom. The van der Waals surface area contributed by atoms with Crippen molar-refractivity contribution in [1.29, 1.82) is 0 Å². The van der Waals surface area contributed by atoms with Crippen LogP contribution >= 0.6 is 0 Å². The minimum atomic E-state index is -1.14. The third kappa shape index (κ3) is 3.89. The van der Waals surface area contributed by atoms with E-state index in [9.17, 15) is 24.8 Å². The van der Waals surface area contributed by atoms with Crippen molar-refractivity contribution >= 4 is 29.0 Å². The van der Waals surface area contributed by atoms with Crippen molar-refractivity contribution in [2.45, 2.75) is 32.2 Å². The van der Waals surface area contributed by atoms with Crippen LogP contribution in [-0.2, 0) is 15.0 Å². The number of hydrogen-bond donors (Lipinski definition) is 1. The fraction of sp³-hybridized carbons (Fsp3) is 0.208. The second kappa shape index (κ2) is 8.01. The smallest absolute Gasteiger partial charge is 0.301 e. The number of carbonyl (C=O) groups excluding carboxylic acids is 2. The molecule has 1 aliphatic rings. The number of benzene rings is 2. The number of nitro benzene ring substituents is 1. The summed E-state index contributed by atoms with van der Waals surface area (Å²) in [6.07, 6.45) is 0. The van der Waals surface area contributed by atoms with Crippen molar-refractivity contribution in [1.82, 2.24) is 5.16 Å². The van der Waals surface area contributed by atoms with Gasteiger partial charge in [-0.3, -0.25) is 24.6 Å². The third-order valence-electron chi connectivity index (χ3n) is 5.37. The molecule has 1 aliphatic heterocycles. The molecule has 1 amide bonds. The predicted molar refractivity (Wildman–Crippen MR) is 120 cm³/mol. The number of rotatable bonds is 4.